The number of rotatable bonds is 8. The molecule has 1 saturated carbocycles. The van der Waals surface area contributed by atoms with Crippen LogP contribution in [-0.4, -0.2) is 37.1 Å². The number of carbonyl (C=O) groups is 2. The maximum absolute atomic E-state index is 12.4. The molecule has 0 bridgehead atoms. The van der Waals surface area contributed by atoms with Crippen LogP contribution in [0.4, 0.5) is 0 Å². The average molecular weight is 411 g/mol. The van der Waals surface area contributed by atoms with Crippen molar-refractivity contribution in [2.45, 2.75) is 51.6 Å². The third-order valence-corrected chi connectivity index (χ3v) is 5.36. The van der Waals surface area contributed by atoms with Crippen LogP contribution in [0.25, 0.3) is 0 Å². The lowest BCUT2D eigenvalue weighted by atomic mass is 9.90. The summed E-state index contributed by atoms with van der Waals surface area (Å²) < 4.78 is 11.3. The van der Waals surface area contributed by atoms with Gasteiger partial charge in [-0.1, -0.05) is 49.2 Å². The minimum Gasteiger partial charge on any atom is -0.484 e. The fraction of sp³-hybridized carbons (Fsp3) is 0.417. The zero-order chi connectivity index (χ0) is 21.3. The predicted octanol–water partition coefficient (Wildman–Crippen LogP) is 3.30. The molecular formula is C24H30N2O4. The molecule has 1 fully saturated rings. The molecule has 0 unspecified atom stereocenters. The molecule has 6 nitrogen and oxygen atoms in total. The highest BCUT2D eigenvalue weighted by molar-refractivity contribution is 5.79. The number of benzene rings is 2. The second-order valence-electron chi connectivity index (χ2n) is 7.74. The third-order valence-electron chi connectivity index (χ3n) is 5.36. The van der Waals surface area contributed by atoms with Gasteiger partial charge >= 0.3 is 0 Å². The van der Waals surface area contributed by atoms with E-state index in [1.54, 1.807) is 0 Å². The molecule has 3 rings (SSSR count). The van der Waals surface area contributed by atoms with Gasteiger partial charge < -0.3 is 20.1 Å². The summed E-state index contributed by atoms with van der Waals surface area (Å²) in [7, 11) is 0. The quantitative estimate of drug-likeness (QED) is 0.700. The molecule has 2 amide bonds. The van der Waals surface area contributed by atoms with Crippen molar-refractivity contribution in [3.63, 3.8) is 0 Å². The molecule has 0 aliphatic heterocycles. The molecule has 30 heavy (non-hydrogen) atoms. The Morgan fingerprint density at radius 2 is 1.17 bits per heavy atom. The van der Waals surface area contributed by atoms with E-state index in [1.165, 1.54) is 0 Å². The van der Waals surface area contributed by atoms with Gasteiger partial charge in [-0.2, -0.15) is 0 Å². The van der Waals surface area contributed by atoms with Crippen LogP contribution in [0, 0.1) is 13.8 Å². The van der Waals surface area contributed by atoms with Crippen LogP contribution in [0.3, 0.4) is 0 Å². The van der Waals surface area contributed by atoms with Crippen molar-refractivity contribution >= 4 is 11.8 Å². The Bertz CT molecular complexity index is 796. The monoisotopic (exact) mass is 410 g/mol. The minimum atomic E-state index is -0.180. The first-order valence-corrected chi connectivity index (χ1v) is 10.5. The molecule has 0 radical (unpaired) electrons. The van der Waals surface area contributed by atoms with Gasteiger partial charge in [0.15, 0.2) is 13.2 Å². The van der Waals surface area contributed by atoms with Crippen LogP contribution in [0.2, 0.25) is 0 Å². The van der Waals surface area contributed by atoms with Crippen molar-refractivity contribution in [2.24, 2.45) is 0 Å². The van der Waals surface area contributed by atoms with E-state index in [2.05, 4.69) is 10.6 Å². The largest absolute Gasteiger partial charge is 0.484 e. The molecule has 0 heterocycles. The van der Waals surface area contributed by atoms with Crippen molar-refractivity contribution in [1.82, 2.24) is 10.6 Å². The summed E-state index contributed by atoms with van der Waals surface area (Å²) >= 11 is 0. The highest BCUT2D eigenvalue weighted by Gasteiger charge is 2.28. The van der Waals surface area contributed by atoms with Gasteiger partial charge in [0.05, 0.1) is 0 Å². The average Bonchev–Trinajstić information content (AvgIpc) is 2.74. The lowest BCUT2D eigenvalue weighted by molar-refractivity contribution is -0.127. The molecule has 0 saturated heterocycles. The standard InChI is InChI=1S/C24H30N2O4/c1-17-9-3-7-13-21(17)29-15-23(27)25-19-11-5-6-12-20(19)26-24(28)16-30-22-14-8-4-10-18(22)2/h3-4,7-10,13-14,19-20H,5-6,11-12,15-16H2,1-2H3,(H,25,27)(H,26,28)/t19-,20-/m1/s1. The van der Waals surface area contributed by atoms with Gasteiger partial charge in [-0.25, -0.2) is 0 Å². The molecule has 2 aromatic rings. The second-order valence-corrected chi connectivity index (χ2v) is 7.74. The van der Waals surface area contributed by atoms with Crippen molar-refractivity contribution in [3.8, 4) is 11.5 Å². The summed E-state index contributed by atoms with van der Waals surface area (Å²) in [5.41, 5.74) is 1.98. The summed E-state index contributed by atoms with van der Waals surface area (Å²) in [4.78, 5) is 24.8. The Hall–Kier alpha value is -3.02. The third kappa shape index (κ3) is 6.24. The highest BCUT2D eigenvalue weighted by atomic mass is 16.5. The summed E-state index contributed by atoms with van der Waals surface area (Å²) in [6.45, 7) is 3.80. The van der Waals surface area contributed by atoms with Crippen LogP contribution < -0.4 is 20.1 Å². The zero-order valence-corrected chi connectivity index (χ0v) is 17.6. The van der Waals surface area contributed by atoms with E-state index in [9.17, 15) is 9.59 Å². The summed E-state index contributed by atoms with van der Waals surface area (Å²) in [5.74, 6) is 1.05. The summed E-state index contributed by atoms with van der Waals surface area (Å²) in [6.07, 6.45) is 3.71. The molecular weight excluding hydrogens is 380 g/mol. The Morgan fingerprint density at radius 1 is 0.767 bits per heavy atom. The minimum absolute atomic E-state index is 0.0432. The van der Waals surface area contributed by atoms with E-state index >= 15 is 0 Å². The number of para-hydroxylation sites is 2. The fourth-order valence-electron chi connectivity index (χ4n) is 3.70. The Balaban J connectivity index is 1.48. The van der Waals surface area contributed by atoms with E-state index < -0.39 is 0 Å². The van der Waals surface area contributed by atoms with Crippen LogP contribution in [0.5, 0.6) is 11.5 Å². The lowest BCUT2D eigenvalue weighted by Crippen LogP contribution is -2.54. The Labute approximate surface area is 178 Å². The smallest absolute Gasteiger partial charge is 0.258 e. The van der Waals surface area contributed by atoms with Gasteiger partial charge in [-0.15, -0.1) is 0 Å². The maximum atomic E-state index is 12.4. The zero-order valence-electron chi connectivity index (χ0n) is 17.6. The first kappa shape index (κ1) is 21.7. The highest BCUT2D eigenvalue weighted by Crippen LogP contribution is 2.20. The predicted molar refractivity (Wildman–Crippen MR) is 116 cm³/mol. The number of hydrogen-bond donors (Lipinski definition) is 2. The van der Waals surface area contributed by atoms with E-state index in [0.29, 0.717) is 11.5 Å². The fourth-order valence-corrected chi connectivity index (χ4v) is 3.70. The van der Waals surface area contributed by atoms with Gasteiger partial charge in [0.1, 0.15) is 11.5 Å². The number of carbonyl (C=O) groups excluding carboxylic acids is 2. The van der Waals surface area contributed by atoms with E-state index in [1.807, 2.05) is 62.4 Å². The van der Waals surface area contributed by atoms with Gasteiger partial charge in [0.2, 0.25) is 0 Å². The van der Waals surface area contributed by atoms with Gasteiger partial charge in [0.25, 0.3) is 11.8 Å². The van der Waals surface area contributed by atoms with Crippen LogP contribution >= 0.6 is 0 Å². The van der Waals surface area contributed by atoms with Crippen molar-refractivity contribution in [3.05, 3.63) is 59.7 Å². The van der Waals surface area contributed by atoms with Crippen LogP contribution in [0.1, 0.15) is 36.8 Å². The van der Waals surface area contributed by atoms with Gasteiger partial charge in [-0.3, -0.25) is 9.59 Å². The molecule has 1 aliphatic carbocycles. The molecule has 6 heteroatoms. The SMILES string of the molecule is Cc1ccccc1OCC(=O)N[C@@H]1CCCC[C@H]1NC(=O)COc1ccccc1C. The number of hydrogen-bond acceptors (Lipinski definition) is 4. The Kier molecular flexibility index (Phi) is 7.71. The van der Waals surface area contributed by atoms with Gasteiger partial charge in [0, 0.05) is 12.1 Å². The summed E-state index contributed by atoms with van der Waals surface area (Å²) in [6, 6.07) is 15.0. The maximum Gasteiger partial charge on any atom is 0.258 e. The first-order valence-electron chi connectivity index (χ1n) is 10.5. The molecule has 160 valence electrons. The normalized spacial score (nSPS) is 18.3. The van der Waals surface area contributed by atoms with Crippen molar-refractivity contribution in [1.29, 1.82) is 0 Å². The molecule has 2 atom stereocenters. The van der Waals surface area contributed by atoms with E-state index in [-0.39, 0.29) is 37.1 Å². The van der Waals surface area contributed by atoms with Crippen LogP contribution in [-0.2, 0) is 9.59 Å². The molecule has 2 N–H and O–H groups in total. The number of amides is 2. The topological polar surface area (TPSA) is 76.7 Å². The first-order chi connectivity index (χ1) is 14.5. The van der Waals surface area contributed by atoms with Gasteiger partial charge in [-0.05, 0) is 49.9 Å². The van der Waals surface area contributed by atoms with E-state index in [4.69, 9.17) is 9.47 Å². The molecule has 2 aromatic carbocycles. The second kappa shape index (κ2) is 10.7. The van der Waals surface area contributed by atoms with Crippen LogP contribution in [0.15, 0.2) is 48.5 Å². The van der Waals surface area contributed by atoms with Crippen molar-refractivity contribution in [2.75, 3.05) is 13.2 Å². The number of aryl methyl sites for hydroxylation is 2. The number of nitrogens with one attached hydrogen (secondary N) is 2. The number of ether oxygens (including phenoxy) is 2. The molecule has 1 aliphatic rings. The summed E-state index contributed by atoms with van der Waals surface area (Å²) in [5, 5.41) is 6.05. The Morgan fingerprint density at radius 3 is 1.57 bits per heavy atom. The molecule has 0 aromatic heterocycles. The lowest BCUT2D eigenvalue weighted by Gasteiger charge is -2.32. The molecule has 0 spiro atoms. The van der Waals surface area contributed by atoms with Crippen molar-refractivity contribution < 1.29 is 19.1 Å². The van der Waals surface area contributed by atoms with E-state index in [0.717, 1.165) is 36.8 Å².